The summed E-state index contributed by atoms with van der Waals surface area (Å²) in [5.41, 5.74) is -0.394. The van der Waals surface area contributed by atoms with Crippen LogP contribution in [0.2, 0.25) is 0 Å². The third kappa shape index (κ3) is 4.04. The number of phenols is 1. The molecule has 1 aromatic heterocycles. The Morgan fingerprint density at radius 3 is 2.41 bits per heavy atom. The van der Waals surface area contributed by atoms with Gasteiger partial charge in [0.1, 0.15) is 47.2 Å². The van der Waals surface area contributed by atoms with Gasteiger partial charge in [-0.3, -0.25) is 4.79 Å². The van der Waals surface area contributed by atoms with Gasteiger partial charge in [-0.1, -0.05) is 6.07 Å². The van der Waals surface area contributed by atoms with Crippen molar-refractivity contribution >= 4 is 11.0 Å². The van der Waals surface area contributed by atoms with Gasteiger partial charge in [-0.2, -0.15) is 0 Å². The van der Waals surface area contributed by atoms with Crippen molar-refractivity contribution in [3.63, 3.8) is 0 Å². The Kier molecular flexibility index (Phi) is 6.64. The quantitative estimate of drug-likeness (QED) is 0.333. The van der Waals surface area contributed by atoms with E-state index in [4.69, 9.17) is 23.4 Å². The number of fused-ring (bicyclic) bond motifs is 1. The number of ether oxygens (including phenoxy) is 4. The van der Waals surface area contributed by atoms with E-state index in [1.54, 1.807) is 6.07 Å². The highest BCUT2D eigenvalue weighted by atomic mass is 16.7. The molecular weight excluding hydrogens is 452 g/mol. The first kappa shape index (κ1) is 23.8. The van der Waals surface area contributed by atoms with Gasteiger partial charge in [0.2, 0.25) is 12.0 Å². The smallest absolute Gasteiger partial charge is 0.229 e. The van der Waals surface area contributed by atoms with Crippen molar-refractivity contribution in [2.75, 3.05) is 20.8 Å². The molecule has 0 amide bonds. The molecule has 0 bridgehead atoms. The van der Waals surface area contributed by atoms with Gasteiger partial charge in [-0.15, -0.1) is 0 Å². The number of hydrogen-bond donors (Lipinski definition) is 5. The van der Waals surface area contributed by atoms with Crippen LogP contribution in [0.1, 0.15) is 0 Å². The van der Waals surface area contributed by atoms with E-state index < -0.39 is 42.7 Å². The van der Waals surface area contributed by atoms with Gasteiger partial charge in [0, 0.05) is 6.07 Å². The van der Waals surface area contributed by atoms with Crippen LogP contribution in [0.4, 0.5) is 0 Å². The number of benzene rings is 2. The van der Waals surface area contributed by atoms with E-state index in [-0.39, 0.29) is 39.5 Å². The van der Waals surface area contributed by atoms with Gasteiger partial charge in [0.05, 0.1) is 26.2 Å². The zero-order valence-electron chi connectivity index (χ0n) is 18.2. The molecule has 1 saturated heterocycles. The van der Waals surface area contributed by atoms with Crippen LogP contribution in [0.15, 0.2) is 45.6 Å². The molecule has 0 spiro atoms. The topological polar surface area (TPSA) is 168 Å². The van der Waals surface area contributed by atoms with Gasteiger partial charge >= 0.3 is 0 Å². The van der Waals surface area contributed by atoms with E-state index in [1.807, 2.05) is 0 Å². The molecule has 11 heteroatoms. The molecule has 34 heavy (non-hydrogen) atoms. The first-order valence-electron chi connectivity index (χ1n) is 10.3. The third-order valence-corrected chi connectivity index (χ3v) is 5.58. The number of rotatable bonds is 6. The monoisotopic (exact) mass is 476 g/mol. The number of hydrogen-bond acceptors (Lipinski definition) is 11. The number of phenolic OH excluding ortho intramolecular Hbond substituents is 1. The lowest BCUT2D eigenvalue weighted by molar-refractivity contribution is -0.277. The third-order valence-electron chi connectivity index (χ3n) is 5.58. The molecule has 1 aliphatic heterocycles. The molecule has 11 nitrogen and oxygen atoms in total. The zero-order valence-corrected chi connectivity index (χ0v) is 18.2. The summed E-state index contributed by atoms with van der Waals surface area (Å²) in [6.45, 7) is -0.640. The molecule has 182 valence electrons. The van der Waals surface area contributed by atoms with Crippen molar-refractivity contribution in [1.29, 1.82) is 0 Å². The highest BCUT2D eigenvalue weighted by Crippen LogP contribution is 2.42. The van der Waals surface area contributed by atoms with Crippen LogP contribution in [0.3, 0.4) is 0 Å². The summed E-state index contributed by atoms with van der Waals surface area (Å²) in [6.07, 6.45) is -7.62. The summed E-state index contributed by atoms with van der Waals surface area (Å²) in [4.78, 5) is 12.8. The molecule has 3 aromatic rings. The maximum absolute atomic E-state index is 12.8. The molecule has 4 rings (SSSR count). The summed E-state index contributed by atoms with van der Waals surface area (Å²) < 4.78 is 27.6. The van der Waals surface area contributed by atoms with E-state index >= 15 is 0 Å². The lowest BCUT2D eigenvalue weighted by Crippen LogP contribution is -2.60. The van der Waals surface area contributed by atoms with Gasteiger partial charge in [-0.05, 0) is 24.3 Å². The van der Waals surface area contributed by atoms with Crippen LogP contribution < -0.4 is 19.6 Å². The summed E-state index contributed by atoms with van der Waals surface area (Å²) in [6, 6.07) is 8.43. The van der Waals surface area contributed by atoms with Crippen molar-refractivity contribution < 1.29 is 48.9 Å². The van der Waals surface area contributed by atoms with E-state index in [0.717, 1.165) is 6.07 Å². The Balaban J connectivity index is 1.82. The summed E-state index contributed by atoms with van der Waals surface area (Å²) in [7, 11) is 2.82. The van der Waals surface area contributed by atoms with Crippen LogP contribution in [0.5, 0.6) is 23.0 Å². The van der Waals surface area contributed by atoms with Gasteiger partial charge in [0.25, 0.3) is 0 Å². The first-order valence-corrected chi connectivity index (χ1v) is 10.3. The van der Waals surface area contributed by atoms with Crippen LogP contribution in [-0.2, 0) is 4.74 Å². The molecule has 2 aromatic carbocycles. The summed E-state index contributed by atoms with van der Waals surface area (Å²) in [5.74, 6) is 0.0399. The number of aliphatic hydroxyl groups excluding tert-OH is 4. The second-order valence-corrected chi connectivity index (χ2v) is 7.62. The van der Waals surface area contributed by atoms with Crippen molar-refractivity contribution in [3.8, 4) is 34.3 Å². The van der Waals surface area contributed by atoms with Gasteiger partial charge in [-0.25, -0.2) is 0 Å². The number of aromatic hydroxyl groups is 1. The fourth-order valence-electron chi connectivity index (χ4n) is 3.81. The fraction of sp³-hybridized carbons (Fsp3) is 0.348. The lowest BCUT2D eigenvalue weighted by atomic mass is 9.99. The lowest BCUT2D eigenvalue weighted by Gasteiger charge is -2.39. The minimum absolute atomic E-state index is 0.0386. The molecule has 0 unspecified atom stereocenters. The Morgan fingerprint density at radius 1 is 0.971 bits per heavy atom. The molecule has 2 heterocycles. The van der Waals surface area contributed by atoms with Crippen LogP contribution in [0, 0.1) is 0 Å². The van der Waals surface area contributed by atoms with Crippen LogP contribution >= 0.6 is 0 Å². The SMILES string of the molecule is COc1ccc2c(=O)cc(-c3c(O)cccc3O[C@@H]3O[C@H](CO)[C@@H](O)[C@H](O)[C@H]3O)oc2c1OC. The Morgan fingerprint density at radius 2 is 1.74 bits per heavy atom. The van der Waals surface area contributed by atoms with Crippen molar-refractivity contribution in [1.82, 2.24) is 0 Å². The van der Waals surface area contributed by atoms with Crippen molar-refractivity contribution in [2.45, 2.75) is 30.7 Å². The molecule has 0 radical (unpaired) electrons. The van der Waals surface area contributed by atoms with Crippen LogP contribution in [0.25, 0.3) is 22.3 Å². The standard InChI is InChI=1S/C23H24O11/c1-30-14-7-6-10-12(26)8-15(32-21(10)22(14)31-2)17-11(25)4-3-5-13(17)33-23-20(29)19(28)18(27)16(9-24)34-23/h3-8,16,18-20,23-25,27-29H,9H2,1-2H3/t16-,18-,19+,20-,23-/m1/s1. The van der Waals surface area contributed by atoms with Gasteiger partial charge < -0.3 is 48.9 Å². The average molecular weight is 476 g/mol. The molecule has 1 fully saturated rings. The largest absolute Gasteiger partial charge is 0.507 e. The van der Waals surface area contributed by atoms with Crippen molar-refractivity contribution in [2.24, 2.45) is 0 Å². The normalized spacial score (nSPS) is 24.7. The number of methoxy groups -OCH3 is 2. The van der Waals surface area contributed by atoms with Crippen LogP contribution in [-0.4, -0.2) is 77.1 Å². The van der Waals surface area contributed by atoms with E-state index in [2.05, 4.69) is 0 Å². The summed E-state index contributed by atoms with van der Waals surface area (Å²) >= 11 is 0. The predicted octanol–water partition coefficient (Wildman–Crippen LogP) is 0.361. The second-order valence-electron chi connectivity index (χ2n) is 7.62. The molecule has 0 aliphatic carbocycles. The Labute approximate surface area is 192 Å². The second kappa shape index (κ2) is 9.49. The zero-order chi connectivity index (χ0) is 24.6. The highest BCUT2D eigenvalue weighted by Gasteiger charge is 2.45. The molecule has 0 saturated carbocycles. The minimum Gasteiger partial charge on any atom is -0.507 e. The summed E-state index contributed by atoms with van der Waals surface area (Å²) in [5, 5.41) is 50.6. The fourth-order valence-corrected chi connectivity index (χ4v) is 3.81. The highest BCUT2D eigenvalue weighted by molar-refractivity contribution is 5.87. The van der Waals surface area contributed by atoms with Gasteiger partial charge in [0.15, 0.2) is 16.8 Å². The van der Waals surface area contributed by atoms with Crippen molar-refractivity contribution in [3.05, 3.63) is 46.6 Å². The molecule has 5 atom stereocenters. The average Bonchev–Trinajstić information content (AvgIpc) is 2.83. The first-order chi connectivity index (χ1) is 16.3. The van der Waals surface area contributed by atoms with E-state index in [0.29, 0.717) is 5.75 Å². The minimum atomic E-state index is -1.68. The Hall–Kier alpha value is -3.35. The molecule has 1 aliphatic rings. The van der Waals surface area contributed by atoms with E-state index in [1.165, 1.54) is 38.5 Å². The predicted molar refractivity (Wildman–Crippen MR) is 117 cm³/mol. The molecule has 5 N–H and O–H groups in total. The maximum Gasteiger partial charge on any atom is 0.229 e. The maximum atomic E-state index is 12.8. The Bertz CT molecular complexity index is 1240. The van der Waals surface area contributed by atoms with E-state index in [9.17, 15) is 30.3 Å². The number of aliphatic hydroxyl groups is 4. The molecular formula is C23H24O11.